The molecule has 0 aromatic carbocycles. The summed E-state index contributed by atoms with van der Waals surface area (Å²) in [6, 6.07) is 6.13. The molecule has 0 spiro atoms. The molecule has 110 valence electrons. The largest absolute Gasteiger partial charge is 0.469 e. The molecule has 0 aliphatic carbocycles. The van der Waals surface area contributed by atoms with Crippen LogP contribution in [0.4, 0.5) is 11.8 Å². The van der Waals surface area contributed by atoms with Crippen molar-refractivity contribution in [2.45, 2.75) is 26.3 Å². The average molecular weight is 303 g/mol. The molecule has 3 aromatic heterocycles. The van der Waals surface area contributed by atoms with Gasteiger partial charge in [0, 0.05) is 17.3 Å². The third kappa shape index (κ3) is 2.98. The smallest absolute Gasteiger partial charge is 0.240 e. The zero-order valence-electron chi connectivity index (χ0n) is 11.9. The van der Waals surface area contributed by atoms with Gasteiger partial charge in [-0.3, -0.25) is 5.43 Å². The minimum absolute atomic E-state index is 0.181. The Morgan fingerprint density at radius 1 is 1.43 bits per heavy atom. The first kappa shape index (κ1) is 13.8. The second-order valence-electron chi connectivity index (χ2n) is 4.94. The van der Waals surface area contributed by atoms with E-state index in [9.17, 15) is 0 Å². The molecular weight excluding hydrogens is 286 g/mol. The van der Waals surface area contributed by atoms with E-state index in [4.69, 9.17) is 10.3 Å². The normalized spacial score (nSPS) is 12.5. The minimum Gasteiger partial charge on any atom is -0.469 e. The van der Waals surface area contributed by atoms with Gasteiger partial charge in [-0.1, -0.05) is 0 Å². The number of aryl methyl sites for hydroxylation is 1. The molecule has 3 aromatic rings. The maximum atomic E-state index is 5.44. The van der Waals surface area contributed by atoms with Gasteiger partial charge in [0.25, 0.3) is 0 Å². The number of hydrogen-bond donors (Lipinski definition) is 3. The topological polar surface area (TPSA) is 89.0 Å². The van der Waals surface area contributed by atoms with E-state index in [0.717, 1.165) is 28.2 Å². The monoisotopic (exact) mass is 303 g/mol. The summed E-state index contributed by atoms with van der Waals surface area (Å²) in [6.07, 6.45) is 2.47. The fourth-order valence-corrected chi connectivity index (χ4v) is 3.11. The van der Waals surface area contributed by atoms with E-state index in [-0.39, 0.29) is 6.04 Å². The van der Waals surface area contributed by atoms with E-state index in [1.165, 1.54) is 4.88 Å². The van der Waals surface area contributed by atoms with Crippen molar-refractivity contribution in [3.8, 4) is 0 Å². The Morgan fingerprint density at radius 2 is 2.29 bits per heavy atom. The van der Waals surface area contributed by atoms with Crippen LogP contribution < -0.4 is 16.6 Å². The van der Waals surface area contributed by atoms with Crippen molar-refractivity contribution in [3.05, 3.63) is 35.1 Å². The van der Waals surface area contributed by atoms with Crippen molar-refractivity contribution in [2.24, 2.45) is 5.84 Å². The van der Waals surface area contributed by atoms with Gasteiger partial charge in [-0.15, -0.1) is 11.3 Å². The molecule has 3 rings (SSSR count). The number of thiophene rings is 1. The first-order chi connectivity index (χ1) is 10.2. The molecule has 0 saturated heterocycles. The van der Waals surface area contributed by atoms with E-state index in [0.29, 0.717) is 5.95 Å². The quantitative estimate of drug-likeness (QED) is 0.496. The standard InChI is InChI=1S/C14H17N5OS/c1-8(6-10-4-3-5-20-10)16-12-11-7-9(2)21-13(11)18-14(17-12)19-15/h3-5,7-8H,6,15H2,1-2H3,(H2,16,17,18,19). The molecule has 0 radical (unpaired) electrons. The Hall–Kier alpha value is -2.12. The van der Waals surface area contributed by atoms with Gasteiger partial charge >= 0.3 is 0 Å². The minimum atomic E-state index is 0.181. The molecule has 1 atom stereocenters. The molecule has 0 amide bonds. The fourth-order valence-electron chi connectivity index (χ4n) is 2.23. The van der Waals surface area contributed by atoms with E-state index in [2.05, 4.69) is 40.6 Å². The van der Waals surface area contributed by atoms with Gasteiger partial charge in [0.05, 0.1) is 11.6 Å². The number of nitrogen functional groups attached to an aromatic ring is 1. The number of nitrogens with zero attached hydrogens (tertiary/aromatic N) is 2. The summed E-state index contributed by atoms with van der Waals surface area (Å²) in [4.78, 5) is 10.9. The van der Waals surface area contributed by atoms with Crippen LogP contribution in [-0.2, 0) is 6.42 Å². The van der Waals surface area contributed by atoms with Crippen LogP contribution in [0, 0.1) is 6.92 Å². The first-order valence-electron chi connectivity index (χ1n) is 6.69. The van der Waals surface area contributed by atoms with Gasteiger partial charge in [0.15, 0.2) is 0 Å². The number of anilines is 2. The van der Waals surface area contributed by atoms with E-state index < -0.39 is 0 Å². The Bertz CT molecular complexity index is 737. The van der Waals surface area contributed by atoms with E-state index in [1.807, 2.05) is 12.1 Å². The molecule has 0 fully saturated rings. The lowest BCUT2D eigenvalue weighted by Gasteiger charge is -2.14. The van der Waals surface area contributed by atoms with Gasteiger partial charge in [0.2, 0.25) is 5.95 Å². The average Bonchev–Trinajstić information content (AvgIpc) is 3.06. The first-order valence-corrected chi connectivity index (χ1v) is 7.51. The second kappa shape index (κ2) is 5.71. The third-order valence-electron chi connectivity index (χ3n) is 3.12. The highest BCUT2D eigenvalue weighted by atomic mass is 32.1. The van der Waals surface area contributed by atoms with Crippen LogP contribution in [0.25, 0.3) is 10.2 Å². The molecule has 0 bridgehead atoms. The van der Waals surface area contributed by atoms with Gasteiger partial charge < -0.3 is 9.73 Å². The number of fused-ring (bicyclic) bond motifs is 1. The van der Waals surface area contributed by atoms with Crippen molar-refractivity contribution in [1.82, 2.24) is 9.97 Å². The summed E-state index contributed by atoms with van der Waals surface area (Å²) in [5.41, 5.74) is 2.51. The predicted molar refractivity (Wildman–Crippen MR) is 85.5 cm³/mol. The van der Waals surface area contributed by atoms with Crippen LogP contribution in [-0.4, -0.2) is 16.0 Å². The van der Waals surface area contributed by atoms with Crippen molar-refractivity contribution >= 4 is 33.3 Å². The highest BCUT2D eigenvalue weighted by Gasteiger charge is 2.13. The van der Waals surface area contributed by atoms with Crippen LogP contribution in [0.3, 0.4) is 0 Å². The molecule has 0 aliphatic rings. The number of aromatic nitrogens is 2. The van der Waals surface area contributed by atoms with E-state index >= 15 is 0 Å². The summed E-state index contributed by atoms with van der Waals surface area (Å²) < 4.78 is 5.38. The predicted octanol–water partition coefficient (Wildman–Crippen LogP) is 2.92. The van der Waals surface area contributed by atoms with Gasteiger partial charge in [0.1, 0.15) is 16.4 Å². The Balaban J connectivity index is 1.88. The summed E-state index contributed by atoms with van der Waals surface area (Å²) in [6.45, 7) is 4.14. The Morgan fingerprint density at radius 3 is 3.00 bits per heavy atom. The van der Waals surface area contributed by atoms with Gasteiger partial charge in [-0.2, -0.15) is 4.98 Å². The summed E-state index contributed by atoms with van der Waals surface area (Å²) in [5.74, 6) is 7.59. The van der Waals surface area contributed by atoms with Crippen molar-refractivity contribution < 1.29 is 4.42 Å². The van der Waals surface area contributed by atoms with Crippen LogP contribution in [0.2, 0.25) is 0 Å². The zero-order valence-corrected chi connectivity index (χ0v) is 12.7. The van der Waals surface area contributed by atoms with Crippen LogP contribution >= 0.6 is 11.3 Å². The van der Waals surface area contributed by atoms with Crippen LogP contribution in [0.15, 0.2) is 28.9 Å². The highest BCUT2D eigenvalue weighted by molar-refractivity contribution is 7.18. The number of hydrazine groups is 1. The maximum Gasteiger partial charge on any atom is 0.240 e. The third-order valence-corrected chi connectivity index (χ3v) is 4.06. The van der Waals surface area contributed by atoms with Crippen LogP contribution in [0.5, 0.6) is 0 Å². The molecule has 0 saturated carbocycles. The summed E-state index contributed by atoms with van der Waals surface area (Å²) >= 11 is 1.62. The number of nitrogens with two attached hydrogens (primary N) is 1. The van der Waals surface area contributed by atoms with Crippen molar-refractivity contribution in [1.29, 1.82) is 0 Å². The van der Waals surface area contributed by atoms with Crippen molar-refractivity contribution in [2.75, 3.05) is 10.7 Å². The molecule has 7 heteroatoms. The molecular formula is C14H17N5OS. The molecule has 0 aliphatic heterocycles. The van der Waals surface area contributed by atoms with E-state index in [1.54, 1.807) is 17.6 Å². The SMILES string of the molecule is Cc1cc2c(NC(C)Cc3ccco3)nc(NN)nc2s1. The molecule has 1 unspecified atom stereocenters. The number of nitrogens with one attached hydrogen (secondary N) is 2. The highest BCUT2D eigenvalue weighted by Crippen LogP contribution is 2.30. The lowest BCUT2D eigenvalue weighted by atomic mass is 10.2. The number of hydrogen-bond acceptors (Lipinski definition) is 7. The number of furan rings is 1. The lowest BCUT2D eigenvalue weighted by Crippen LogP contribution is -2.20. The molecule has 4 N–H and O–H groups in total. The lowest BCUT2D eigenvalue weighted by molar-refractivity contribution is 0.497. The molecule has 3 heterocycles. The zero-order chi connectivity index (χ0) is 14.8. The van der Waals surface area contributed by atoms with Crippen LogP contribution in [0.1, 0.15) is 17.6 Å². The maximum absolute atomic E-state index is 5.44. The molecule has 6 nitrogen and oxygen atoms in total. The Labute approximate surface area is 126 Å². The molecule has 21 heavy (non-hydrogen) atoms. The van der Waals surface area contributed by atoms with Crippen molar-refractivity contribution in [3.63, 3.8) is 0 Å². The fraction of sp³-hybridized carbons (Fsp3) is 0.286. The summed E-state index contributed by atoms with van der Waals surface area (Å²) in [5, 5.41) is 4.43. The number of rotatable bonds is 5. The Kier molecular flexibility index (Phi) is 3.76. The van der Waals surface area contributed by atoms with Gasteiger partial charge in [-0.25, -0.2) is 10.8 Å². The second-order valence-corrected chi connectivity index (χ2v) is 6.18. The van der Waals surface area contributed by atoms with Gasteiger partial charge in [-0.05, 0) is 32.0 Å². The summed E-state index contributed by atoms with van der Waals surface area (Å²) in [7, 11) is 0.